The minimum Gasteiger partial charge on any atom is -0.464 e. The summed E-state index contributed by atoms with van der Waals surface area (Å²) in [6, 6.07) is 24.5. The smallest absolute Gasteiger partial charge is 0.278 e. The number of fused-ring (bicyclic) bond motifs is 3. The third-order valence-electron chi connectivity index (χ3n) is 5.21. The Hall–Kier alpha value is -3.67. The van der Waals surface area contributed by atoms with E-state index in [0.717, 1.165) is 29.0 Å². The molecule has 0 spiro atoms. The molecule has 0 aliphatic carbocycles. The van der Waals surface area contributed by atoms with Gasteiger partial charge in [-0.25, -0.2) is 5.01 Å². The molecule has 2 aliphatic heterocycles. The van der Waals surface area contributed by atoms with Crippen molar-refractivity contribution in [2.45, 2.75) is 18.7 Å². The molecule has 0 saturated heterocycles. The zero-order valence-electron chi connectivity index (χ0n) is 14.9. The minimum absolute atomic E-state index is 0.0232. The number of para-hydroxylation sites is 2. The Morgan fingerprint density at radius 2 is 1.61 bits per heavy atom. The van der Waals surface area contributed by atoms with Crippen LogP contribution in [0.15, 0.2) is 84.0 Å². The number of benzene rings is 3. The SMILES string of the molecule is O=[N+]([O-])c1ccccc1[C@H]1Oc2ccccc2[C@H]2CC(c3ccccc3)=NN21. The average molecular weight is 371 g/mol. The molecule has 3 aromatic carbocycles. The molecule has 5 rings (SSSR count). The van der Waals surface area contributed by atoms with Crippen molar-refractivity contribution >= 4 is 11.4 Å². The zero-order valence-corrected chi connectivity index (χ0v) is 14.9. The molecule has 3 aromatic rings. The van der Waals surface area contributed by atoms with Crippen molar-refractivity contribution < 1.29 is 9.66 Å². The Bertz CT molecular complexity index is 1080. The fourth-order valence-electron chi connectivity index (χ4n) is 3.91. The van der Waals surface area contributed by atoms with Gasteiger partial charge in [0, 0.05) is 18.1 Å². The number of hydrogen-bond acceptors (Lipinski definition) is 5. The molecule has 2 aliphatic rings. The molecule has 0 fully saturated rings. The number of hydrogen-bond donors (Lipinski definition) is 0. The Balaban J connectivity index is 1.64. The first kappa shape index (κ1) is 16.5. The van der Waals surface area contributed by atoms with Gasteiger partial charge in [-0.05, 0) is 17.7 Å². The van der Waals surface area contributed by atoms with Crippen LogP contribution in [0.2, 0.25) is 0 Å². The van der Waals surface area contributed by atoms with Crippen molar-refractivity contribution in [1.29, 1.82) is 0 Å². The second-order valence-corrected chi connectivity index (χ2v) is 6.84. The van der Waals surface area contributed by atoms with Crippen molar-refractivity contribution in [1.82, 2.24) is 5.01 Å². The molecule has 0 bridgehead atoms. The van der Waals surface area contributed by atoms with Crippen LogP contribution in [0, 0.1) is 10.1 Å². The Morgan fingerprint density at radius 1 is 0.929 bits per heavy atom. The molecular weight excluding hydrogens is 354 g/mol. The van der Waals surface area contributed by atoms with E-state index in [0.29, 0.717) is 5.56 Å². The normalized spacial score (nSPS) is 20.0. The summed E-state index contributed by atoms with van der Waals surface area (Å²) in [7, 11) is 0. The van der Waals surface area contributed by atoms with Gasteiger partial charge in [0.2, 0.25) is 6.23 Å². The van der Waals surface area contributed by atoms with Crippen molar-refractivity contribution in [3.63, 3.8) is 0 Å². The third kappa shape index (κ3) is 2.62. The molecule has 0 unspecified atom stereocenters. The first-order chi connectivity index (χ1) is 13.7. The van der Waals surface area contributed by atoms with E-state index in [-0.39, 0.29) is 16.7 Å². The van der Waals surface area contributed by atoms with E-state index in [1.807, 2.05) is 59.6 Å². The predicted molar refractivity (Wildman–Crippen MR) is 105 cm³/mol. The summed E-state index contributed by atoms with van der Waals surface area (Å²) in [6.45, 7) is 0. The molecule has 0 saturated carbocycles. The van der Waals surface area contributed by atoms with Gasteiger partial charge in [-0.1, -0.05) is 60.7 Å². The van der Waals surface area contributed by atoms with E-state index in [9.17, 15) is 10.1 Å². The van der Waals surface area contributed by atoms with Gasteiger partial charge < -0.3 is 4.74 Å². The summed E-state index contributed by atoms with van der Waals surface area (Å²) in [5.41, 5.74) is 3.59. The van der Waals surface area contributed by atoms with Crippen LogP contribution in [-0.4, -0.2) is 15.6 Å². The molecule has 0 radical (unpaired) electrons. The zero-order chi connectivity index (χ0) is 19.1. The summed E-state index contributed by atoms with van der Waals surface area (Å²) < 4.78 is 6.22. The van der Waals surface area contributed by atoms with Gasteiger partial charge in [-0.2, -0.15) is 5.10 Å². The number of nitrogens with zero attached hydrogens (tertiary/aromatic N) is 3. The van der Waals surface area contributed by atoms with Gasteiger partial charge in [-0.15, -0.1) is 0 Å². The Labute approximate surface area is 161 Å². The largest absolute Gasteiger partial charge is 0.464 e. The average Bonchev–Trinajstić information content (AvgIpc) is 3.19. The highest BCUT2D eigenvalue weighted by Crippen LogP contribution is 2.48. The lowest BCUT2D eigenvalue weighted by Crippen LogP contribution is -2.34. The van der Waals surface area contributed by atoms with Crippen LogP contribution in [0.1, 0.15) is 35.4 Å². The first-order valence-corrected chi connectivity index (χ1v) is 9.12. The molecule has 28 heavy (non-hydrogen) atoms. The van der Waals surface area contributed by atoms with Crippen molar-refractivity contribution in [3.05, 3.63) is 106 Å². The van der Waals surface area contributed by atoms with Crippen LogP contribution in [0.5, 0.6) is 5.75 Å². The molecular formula is C22H17N3O3. The monoisotopic (exact) mass is 371 g/mol. The maximum Gasteiger partial charge on any atom is 0.278 e. The van der Waals surface area contributed by atoms with E-state index in [1.54, 1.807) is 18.2 Å². The number of nitro benzene ring substituents is 1. The quantitative estimate of drug-likeness (QED) is 0.488. The van der Waals surface area contributed by atoms with Gasteiger partial charge in [0.1, 0.15) is 5.75 Å². The Morgan fingerprint density at radius 3 is 2.39 bits per heavy atom. The van der Waals surface area contributed by atoms with Crippen LogP contribution >= 0.6 is 0 Å². The minimum atomic E-state index is -0.650. The van der Waals surface area contributed by atoms with E-state index in [1.165, 1.54) is 6.07 Å². The lowest BCUT2D eigenvalue weighted by Gasteiger charge is -2.37. The Kier molecular flexibility index (Phi) is 3.83. The maximum atomic E-state index is 11.6. The highest BCUT2D eigenvalue weighted by atomic mass is 16.6. The molecule has 0 aromatic heterocycles. The number of hydrazone groups is 1. The third-order valence-corrected chi connectivity index (χ3v) is 5.21. The van der Waals surface area contributed by atoms with Crippen LogP contribution in [-0.2, 0) is 0 Å². The molecule has 6 nitrogen and oxygen atoms in total. The fourth-order valence-corrected chi connectivity index (χ4v) is 3.91. The summed E-state index contributed by atoms with van der Waals surface area (Å²) in [4.78, 5) is 11.2. The highest BCUT2D eigenvalue weighted by Gasteiger charge is 2.42. The van der Waals surface area contributed by atoms with Crippen LogP contribution in [0.4, 0.5) is 5.69 Å². The molecule has 0 amide bonds. The summed E-state index contributed by atoms with van der Waals surface area (Å²) in [5.74, 6) is 0.747. The topological polar surface area (TPSA) is 68.0 Å². The van der Waals surface area contributed by atoms with Gasteiger partial charge in [0.15, 0.2) is 0 Å². The second-order valence-electron chi connectivity index (χ2n) is 6.84. The van der Waals surface area contributed by atoms with E-state index >= 15 is 0 Å². The molecule has 0 N–H and O–H groups in total. The van der Waals surface area contributed by atoms with Crippen LogP contribution in [0.25, 0.3) is 0 Å². The summed E-state index contributed by atoms with van der Waals surface area (Å²) >= 11 is 0. The predicted octanol–water partition coefficient (Wildman–Crippen LogP) is 4.84. The lowest BCUT2D eigenvalue weighted by atomic mass is 9.96. The first-order valence-electron chi connectivity index (χ1n) is 9.12. The standard InChI is InChI=1S/C22H17N3O3/c26-25(27)19-12-6-4-11-17(19)22-24-20(16-10-5-7-13-21(16)28-22)14-18(23-24)15-8-2-1-3-9-15/h1-13,20,22H,14H2/t20-,22-/m1/s1. The lowest BCUT2D eigenvalue weighted by molar-refractivity contribution is -0.386. The van der Waals surface area contributed by atoms with Gasteiger partial charge in [-0.3, -0.25) is 10.1 Å². The fraction of sp³-hybridized carbons (Fsp3) is 0.136. The van der Waals surface area contributed by atoms with E-state index in [4.69, 9.17) is 9.84 Å². The van der Waals surface area contributed by atoms with Gasteiger partial charge in [0.05, 0.1) is 22.2 Å². The number of nitro groups is 1. The number of ether oxygens (including phenoxy) is 1. The molecule has 138 valence electrons. The molecule has 2 atom stereocenters. The van der Waals surface area contributed by atoms with Crippen molar-refractivity contribution in [2.75, 3.05) is 0 Å². The van der Waals surface area contributed by atoms with Gasteiger partial charge in [0.25, 0.3) is 5.69 Å². The summed E-state index contributed by atoms with van der Waals surface area (Å²) in [5, 5.41) is 18.3. The maximum absolute atomic E-state index is 11.6. The van der Waals surface area contributed by atoms with Gasteiger partial charge >= 0.3 is 0 Å². The molecule has 2 heterocycles. The van der Waals surface area contributed by atoms with Crippen LogP contribution in [0.3, 0.4) is 0 Å². The van der Waals surface area contributed by atoms with Crippen LogP contribution < -0.4 is 4.74 Å². The molecule has 6 heteroatoms. The van der Waals surface area contributed by atoms with Crippen molar-refractivity contribution in [3.8, 4) is 5.75 Å². The second kappa shape index (κ2) is 6.49. The van der Waals surface area contributed by atoms with E-state index < -0.39 is 6.23 Å². The van der Waals surface area contributed by atoms with E-state index in [2.05, 4.69) is 0 Å². The van der Waals surface area contributed by atoms with Crippen molar-refractivity contribution in [2.24, 2.45) is 5.10 Å². The number of rotatable bonds is 3. The summed E-state index contributed by atoms with van der Waals surface area (Å²) in [6.07, 6.45) is 0.0735. The highest BCUT2D eigenvalue weighted by molar-refractivity contribution is 6.01.